The summed E-state index contributed by atoms with van der Waals surface area (Å²) >= 11 is 0.855. The summed E-state index contributed by atoms with van der Waals surface area (Å²) in [6.45, 7) is 4.38. The molecule has 0 unspecified atom stereocenters. The van der Waals surface area contributed by atoms with Crippen molar-refractivity contribution in [1.82, 2.24) is 9.80 Å². The first-order chi connectivity index (χ1) is 13.1. The van der Waals surface area contributed by atoms with Crippen molar-refractivity contribution < 1.29 is 23.9 Å². The van der Waals surface area contributed by atoms with Gasteiger partial charge in [-0.1, -0.05) is 19.1 Å². The largest absolute Gasteiger partial charge is 0.494 e. The molecule has 3 rings (SSSR count). The minimum atomic E-state index is -0.432. The molecule has 2 saturated heterocycles. The number of amides is 3. The van der Waals surface area contributed by atoms with Crippen LogP contribution >= 0.6 is 11.8 Å². The van der Waals surface area contributed by atoms with Crippen LogP contribution in [0.1, 0.15) is 18.9 Å². The number of thioether (sulfide) groups is 1. The van der Waals surface area contributed by atoms with Crippen molar-refractivity contribution in [2.75, 3.05) is 39.5 Å². The summed E-state index contributed by atoms with van der Waals surface area (Å²) in [7, 11) is 0. The number of benzene rings is 1. The van der Waals surface area contributed by atoms with Gasteiger partial charge in [0, 0.05) is 13.1 Å². The molecule has 0 saturated carbocycles. The number of carbonyl (C=O) groups is 3. The standard InChI is InChI=1S/C19H22N2O5S/c1-2-9-26-15-5-3-14(4-6-15)12-16-18(23)21(19(24)27-16)13-17(22)20-7-10-25-11-8-20/h3-6,12H,2,7-11,13H2,1H3/b16-12+. The Labute approximate surface area is 162 Å². The van der Waals surface area contributed by atoms with Gasteiger partial charge in [0.15, 0.2) is 0 Å². The minimum absolute atomic E-state index is 0.230. The molecule has 2 heterocycles. The molecule has 27 heavy (non-hydrogen) atoms. The number of carbonyl (C=O) groups excluding carboxylic acids is 3. The Balaban J connectivity index is 1.64. The molecule has 2 aliphatic heterocycles. The smallest absolute Gasteiger partial charge is 0.294 e. The minimum Gasteiger partial charge on any atom is -0.494 e. The second-order valence-corrected chi connectivity index (χ2v) is 7.17. The molecule has 0 spiro atoms. The molecule has 0 radical (unpaired) electrons. The van der Waals surface area contributed by atoms with E-state index in [0.29, 0.717) is 37.8 Å². The highest BCUT2D eigenvalue weighted by molar-refractivity contribution is 8.18. The molecule has 0 atom stereocenters. The number of nitrogens with zero attached hydrogens (tertiary/aromatic N) is 2. The van der Waals surface area contributed by atoms with Crippen LogP contribution in [0.3, 0.4) is 0 Å². The highest BCUT2D eigenvalue weighted by Gasteiger charge is 2.37. The SMILES string of the molecule is CCCOc1ccc(/C=C2/SC(=O)N(CC(=O)N3CCOCC3)C2=O)cc1. The van der Waals surface area contributed by atoms with Gasteiger partial charge in [-0.25, -0.2) is 0 Å². The normalized spacial score (nSPS) is 19.1. The molecule has 0 aromatic heterocycles. The number of imide groups is 1. The van der Waals surface area contributed by atoms with E-state index in [1.807, 2.05) is 31.2 Å². The van der Waals surface area contributed by atoms with E-state index in [4.69, 9.17) is 9.47 Å². The van der Waals surface area contributed by atoms with Crippen LogP contribution in [0.2, 0.25) is 0 Å². The number of rotatable bonds is 6. The van der Waals surface area contributed by atoms with Crippen molar-refractivity contribution in [1.29, 1.82) is 0 Å². The first-order valence-electron chi connectivity index (χ1n) is 8.92. The third kappa shape index (κ3) is 4.90. The van der Waals surface area contributed by atoms with E-state index >= 15 is 0 Å². The van der Waals surface area contributed by atoms with Crippen LogP contribution in [0.4, 0.5) is 4.79 Å². The Morgan fingerprint density at radius 2 is 1.93 bits per heavy atom. The zero-order chi connectivity index (χ0) is 19.2. The number of hydrogen-bond acceptors (Lipinski definition) is 6. The van der Waals surface area contributed by atoms with Crippen molar-refractivity contribution in [3.05, 3.63) is 34.7 Å². The Morgan fingerprint density at radius 3 is 2.59 bits per heavy atom. The van der Waals surface area contributed by atoms with Gasteiger partial charge in [-0.15, -0.1) is 0 Å². The molecule has 0 N–H and O–H groups in total. The van der Waals surface area contributed by atoms with E-state index in [1.165, 1.54) is 0 Å². The van der Waals surface area contributed by atoms with Crippen LogP contribution in [0.15, 0.2) is 29.2 Å². The average Bonchev–Trinajstić information content (AvgIpc) is 2.95. The van der Waals surface area contributed by atoms with Crippen molar-refractivity contribution in [2.24, 2.45) is 0 Å². The van der Waals surface area contributed by atoms with Crippen LogP contribution in [0.25, 0.3) is 6.08 Å². The zero-order valence-electron chi connectivity index (χ0n) is 15.2. The Kier molecular flexibility index (Phi) is 6.52. The predicted molar refractivity (Wildman–Crippen MR) is 102 cm³/mol. The summed E-state index contributed by atoms with van der Waals surface area (Å²) in [4.78, 5) is 40.0. The van der Waals surface area contributed by atoms with Crippen LogP contribution in [-0.2, 0) is 14.3 Å². The molecule has 8 heteroatoms. The van der Waals surface area contributed by atoms with Gasteiger partial charge in [-0.2, -0.15) is 0 Å². The fourth-order valence-electron chi connectivity index (χ4n) is 2.72. The highest BCUT2D eigenvalue weighted by Crippen LogP contribution is 2.32. The van der Waals surface area contributed by atoms with Crippen LogP contribution in [0.5, 0.6) is 5.75 Å². The summed E-state index contributed by atoms with van der Waals surface area (Å²) < 4.78 is 10.7. The Morgan fingerprint density at radius 1 is 1.22 bits per heavy atom. The van der Waals surface area contributed by atoms with E-state index in [2.05, 4.69) is 0 Å². The topological polar surface area (TPSA) is 76.2 Å². The first kappa shape index (κ1) is 19.4. The molecule has 144 valence electrons. The Bertz CT molecular complexity index is 741. The number of ether oxygens (including phenoxy) is 2. The first-order valence-corrected chi connectivity index (χ1v) is 9.74. The molecule has 2 aliphatic rings. The second kappa shape index (κ2) is 9.05. The quantitative estimate of drug-likeness (QED) is 0.694. The number of morpholine rings is 1. The lowest BCUT2D eigenvalue weighted by Crippen LogP contribution is -2.46. The molecule has 1 aromatic rings. The summed E-state index contributed by atoms with van der Waals surface area (Å²) in [6.07, 6.45) is 2.59. The van der Waals surface area contributed by atoms with Gasteiger partial charge in [0.2, 0.25) is 5.91 Å². The van der Waals surface area contributed by atoms with Gasteiger partial charge < -0.3 is 14.4 Å². The maximum Gasteiger partial charge on any atom is 0.294 e. The molecular weight excluding hydrogens is 368 g/mol. The third-order valence-electron chi connectivity index (χ3n) is 4.18. The van der Waals surface area contributed by atoms with E-state index in [-0.39, 0.29) is 12.5 Å². The molecule has 1 aromatic carbocycles. The summed E-state index contributed by atoms with van der Waals surface area (Å²) in [5, 5.41) is -0.421. The number of hydrogen-bond donors (Lipinski definition) is 0. The monoisotopic (exact) mass is 390 g/mol. The van der Waals surface area contributed by atoms with Crippen LogP contribution < -0.4 is 4.74 Å². The van der Waals surface area contributed by atoms with Gasteiger partial charge in [0.05, 0.1) is 24.7 Å². The molecule has 2 fully saturated rings. The lowest BCUT2D eigenvalue weighted by molar-refractivity contribution is -0.139. The second-order valence-electron chi connectivity index (χ2n) is 6.18. The van der Waals surface area contributed by atoms with E-state index in [9.17, 15) is 14.4 Å². The van der Waals surface area contributed by atoms with Crippen LogP contribution in [0, 0.1) is 0 Å². The average molecular weight is 390 g/mol. The van der Waals surface area contributed by atoms with Crippen molar-refractivity contribution in [2.45, 2.75) is 13.3 Å². The summed E-state index contributed by atoms with van der Waals surface area (Å²) in [6, 6.07) is 7.32. The van der Waals surface area contributed by atoms with Crippen molar-refractivity contribution in [3.63, 3.8) is 0 Å². The zero-order valence-corrected chi connectivity index (χ0v) is 16.0. The summed E-state index contributed by atoms with van der Waals surface area (Å²) in [5.74, 6) is 0.0930. The maximum atomic E-state index is 12.5. The highest BCUT2D eigenvalue weighted by atomic mass is 32.2. The van der Waals surface area contributed by atoms with Gasteiger partial charge in [-0.05, 0) is 42.0 Å². The van der Waals surface area contributed by atoms with E-state index in [1.54, 1.807) is 11.0 Å². The molecule has 7 nitrogen and oxygen atoms in total. The van der Waals surface area contributed by atoms with Crippen molar-refractivity contribution >= 4 is 34.9 Å². The predicted octanol–water partition coefficient (Wildman–Crippen LogP) is 2.37. The molecule has 0 aliphatic carbocycles. The Hall–Kier alpha value is -2.32. The van der Waals surface area contributed by atoms with Gasteiger partial charge in [0.25, 0.3) is 11.1 Å². The lowest BCUT2D eigenvalue weighted by Gasteiger charge is -2.28. The fourth-order valence-corrected chi connectivity index (χ4v) is 3.55. The van der Waals surface area contributed by atoms with E-state index < -0.39 is 11.1 Å². The van der Waals surface area contributed by atoms with Gasteiger partial charge >= 0.3 is 0 Å². The fraction of sp³-hybridized carbons (Fsp3) is 0.421. The van der Waals surface area contributed by atoms with Gasteiger partial charge in [0.1, 0.15) is 12.3 Å². The lowest BCUT2D eigenvalue weighted by atomic mass is 10.2. The van der Waals surface area contributed by atoms with Crippen LogP contribution in [-0.4, -0.2) is 66.3 Å². The molecule has 0 bridgehead atoms. The van der Waals surface area contributed by atoms with Gasteiger partial charge in [-0.3, -0.25) is 19.3 Å². The molecular formula is C19H22N2O5S. The van der Waals surface area contributed by atoms with Crippen molar-refractivity contribution in [3.8, 4) is 5.75 Å². The van der Waals surface area contributed by atoms with E-state index in [0.717, 1.165) is 34.4 Å². The maximum absolute atomic E-state index is 12.5. The third-order valence-corrected chi connectivity index (χ3v) is 5.09. The molecule has 3 amide bonds. The summed E-state index contributed by atoms with van der Waals surface area (Å²) in [5.41, 5.74) is 0.795.